The van der Waals surface area contributed by atoms with Gasteiger partial charge in [-0.3, -0.25) is 0 Å². The highest BCUT2D eigenvalue weighted by Gasteiger charge is 2.51. The average Bonchev–Trinajstić information content (AvgIpc) is 3.43. The second-order valence-corrected chi connectivity index (χ2v) is 13.1. The third-order valence-electron chi connectivity index (χ3n) is 5.20. The maximum atomic E-state index is 13.6. The van der Waals surface area contributed by atoms with Crippen molar-refractivity contribution in [2.24, 2.45) is 4.99 Å². The van der Waals surface area contributed by atoms with Crippen LogP contribution in [0.4, 0.5) is 0 Å². The van der Waals surface area contributed by atoms with Gasteiger partial charge < -0.3 is 19.3 Å². The Morgan fingerprint density at radius 1 is 1.25 bits per heavy atom. The molecule has 3 rings (SSSR count). The van der Waals surface area contributed by atoms with Crippen LogP contribution in [0.2, 0.25) is 0 Å². The topological polar surface area (TPSA) is 61.8 Å². The minimum absolute atomic E-state index is 0.394. The summed E-state index contributed by atoms with van der Waals surface area (Å²) in [6, 6.07) is 0. The molecule has 1 N–H and O–H groups in total. The predicted molar refractivity (Wildman–Crippen MR) is 103 cm³/mol. The van der Waals surface area contributed by atoms with E-state index in [0.29, 0.717) is 35.4 Å². The van der Waals surface area contributed by atoms with Crippen molar-refractivity contribution in [3.8, 4) is 0 Å². The number of rotatable bonds is 10. The van der Waals surface area contributed by atoms with Crippen molar-refractivity contribution >= 4 is 20.8 Å². The first-order chi connectivity index (χ1) is 11.4. The van der Waals surface area contributed by atoms with Crippen LogP contribution in [0, 0.1) is 0 Å². The van der Waals surface area contributed by atoms with Gasteiger partial charge in [0, 0.05) is 23.5 Å². The number of nitrogens with one attached hydrogen (secondary N) is 1. The predicted octanol–water partition coefficient (Wildman–Crippen LogP) is 4.11. The maximum absolute atomic E-state index is 13.6. The third kappa shape index (κ3) is 4.55. The van der Waals surface area contributed by atoms with E-state index >= 15 is 0 Å². The van der Waals surface area contributed by atoms with Crippen molar-refractivity contribution in [3.63, 3.8) is 0 Å². The fourth-order valence-corrected chi connectivity index (χ4v) is 9.15. The molecule has 1 unspecified atom stereocenters. The summed E-state index contributed by atoms with van der Waals surface area (Å²) >= 11 is 0. The van der Waals surface area contributed by atoms with Crippen molar-refractivity contribution in [1.82, 2.24) is 10.2 Å². The molecule has 0 aromatic heterocycles. The number of amidine groups is 1. The zero-order valence-corrected chi connectivity index (χ0v) is 16.9. The second-order valence-electron chi connectivity index (χ2n) is 7.54. The molecule has 7 heteroatoms. The van der Waals surface area contributed by atoms with Gasteiger partial charge in [0.2, 0.25) is 0 Å². The Bertz CT molecular complexity index is 577. The minimum atomic E-state index is -2.22. The second kappa shape index (κ2) is 7.38. The molecule has 0 spiro atoms. The normalized spacial score (nSPS) is 23.0. The number of aliphatic imine (C=N–C) groups is 1. The third-order valence-corrected chi connectivity index (χ3v) is 11.7. The molecule has 0 aromatic carbocycles. The summed E-state index contributed by atoms with van der Waals surface area (Å²) in [5, 5.41) is 3.18. The zero-order chi connectivity index (χ0) is 17.3. The molecular formula is C17H31N3O2P2. The molecule has 136 valence electrons. The van der Waals surface area contributed by atoms with E-state index in [9.17, 15) is 9.13 Å². The Labute approximate surface area is 146 Å². The minimum Gasteiger partial charge on any atom is -0.374 e. The monoisotopic (exact) mass is 371 g/mol. The Morgan fingerprint density at radius 3 is 2.29 bits per heavy atom. The van der Waals surface area contributed by atoms with Crippen LogP contribution in [0.15, 0.2) is 17.4 Å². The van der Waals surface area contributed by atoms with E-state index in [2.05, 4.69) is 16.9 Å². The summed E-state index contributed by atoms with van der Waals surface area (Å²) in [4.78, 5) is 6.53. The fraction of sp³-hybridized carbons (Fsp3) is 0.824. The molecule has 24 heavy (non-hydrogen) atoms. The van der Waals surface area contributed by atoms with E-state index in [0.717, 1.165) is 50.9 Å². The molecule has 3 aliphatic rings. The molecule has 0 amide bonds. The van der Waals surface area contributed by atoms with Gasteiger partial charge in [0.15, 0.2) is 0 Å². The summed E-state index contributed by atoms with van der Waals surface area (Å²) in [7, 11) is -3.89. The van der Waals surface area contributed by atoms with Crippen molar-refractivity contribution in [1.29, 1.82) is 0 Å². The number of hydrogen-bond donors (Lipinski definition) is 1. The molecule has 5 nitrogen and oxygen atoms in total. The summed E-state index contributed by atoms with van der Waals surface area (Å²) in [6.45, 7) is 8.86. The fourth-order valence-electron chi connectivity index (χ4n) is 3.32. The largest absolute Gasteiger partial charge is 0.374 e. The average molecular weight is 371 g/mol. The van der Waals surface area contributed by atoms with E-state index < -0.39 is 14.9 Å². The lowest BCUT2D eigenvalue weighted by molar-refractivity contribution is 0.436. The van der Waals surface area contributed by atoms with E-state index in [1.807, 2.05) is 18.7 Å². The molecule has 3 aliphatic carbocycles. The lowest BCUT2D eigenvalue weighted by Crippen LogP contribution is -2.27. The highest BCUT2D eigenvalue weighted by atomic mass is 31.2. The molecule has 0 aromatic rings. The molecule has 3 fully saturated rings. The van der Waals surface area contributed by atoms with Crippen LogP contribution in [0.3, 0.4) is 0 Å². The first-order valence-corrected chi connectivity index (χ1v) is 13.0. The number of nitrogens with zero attached hydrogens (tertiary/aromatic N) is 2. The van der Waals surface area contributed by atoms with Crippen molar-refractivity contribution in [2.75, 3.05) is 19.1 Å². The standard InChI is InChI=1S/C17H31N3O2P2/c1-4-18-13(2)19-14(3)20(11-23(21)15-5-6-15)12-24(22,16-7-8-16)17-9-10-17/h15-17,23H,3-12H2,1-2H3,(H,18,19). The lowest BCUT2D eigenvalue weighted by Gasteiger charge is -2.29. The van der Waals surface area contributed by atoms with Gasteiger partial charge >= 0.3 is 0 Å². The van der Waals surface area contributed by atoms with E-state index in [4.69, 9.17) is 0 Å². The maximum Gasteiger partial charge on any atom is 0.124 e. The van der Waals surface area contributed by atoms with Gasteiger partial charge in [-0.2, -0.15) is 0 Å². The quantitative estimate of drug-likeness (QED) is 0.357. The molecule has 0 saturated heterocycles. The highest BCUT2D eigenvalue weighted by Crippen LogP contribution is 2.70. The van der Waals surface area contributed by atoms with Gasteiger partial charge in [-0.1, -0.05) is 6.58 Å². The van der Waals surface area contributed by atoms with Gasteiger partial charge in [-0.05, 0) is 52.4 Å². The van der Waals surface area contributed by atoms with Gasteiger partial charge in [-0.15, -0.1) is 0 Å². The Morgan fingerprint density at radius 2 is 1.83 bits per heavy atom. The lowest BCUT2D eigenvalue weighted by atomic mass is 10.6. The van der Waals surface area contributed by atoms with Crippen LogP contribution < -0.4 is 5.32 Å². The molecule has 0 aliphatic heterocycles. The smallest absolute Gasteiger partial charge is 0.124 e. The van der Waals surface area contributed by atoms with Crippen LogP contribution in [0.5, 0.6) is 0 Å². The van der Waals surface area contributed by atoms with E-state index in [1.54, 1.807) is 0 Å². The van der Waals surface area contributed by atoms with Crippen LogP contribution in [-0.2, 0) is 9.13 Å². The van der Waals surface area contributed by atoms with Crippen LogP contribution in [-0.4, -0.2) is 46.8 Å². The van der Waals surface area contributed by atoms with Gasteiger partial charge in [0.05, 0.1) is 20.4 Å². The molecule has 0 bridgehead atoms. The van der Waals surface area contributed by atoms with E-state index in [-0.39, 0.29) is 0 Å². The van der Waals surface area contributed by atoms with Crippen LogP contribution >= 0.6 is 14.9 Å². The van der Waals surface area contributed by atoms with Gasteiger partial charge in [-0.25, -0.2) is 4.99 Å². The Hall–Kier alpha value is -0.530. The first kappa shape index (κ1) is 18.3. The molecular weight excluding hydrogens is 340 g/mol. The van der Waals surface area contributed by atoms with Gasteiger partial charge in [0.25, 0.3) is 0 Å². The highest BCUT2D eigenvalue weighted by molar-refractivity contribution is 7.66. The molecule has 3 saturated carbocycles. The molecule has 0 radical (unpaired) electrons. The van der Waals surface area contributed by atoms with Gasteiger partial charge in [0.1, 0.15) is 18.8 Å². The van der Waals surface area contributed by atoms with E-state index in [1.165, 1.54) is 0 Å². The molecule has 1 atom stereocenters. The Balaban J connectivity index is 1.73. The van der Waals surface area contributed by atoms with Crippen molar-refractivity contribution in [2.45, 2.75) is 69.3 Å². The SMILES string of the molecule is C=C(/N=C(\C)NCC)N(C[PH](=O)C1CC1)CP(=O)(C1CC1)C1CC1. The first-order valence-electron chi connectivity index (χ1n) is 9.28. The molecule has 0 heterocycles. The summed E-state index contributed by atoms with van der Waals surface area (Å²) in [5.41, 5.74) is 1.20. The Kier molecular flexibility index (Phi) is 5.62. The summed E-state index contributed by atoms with van der Waals surface area (Å²) < 4.78 is 26.1. The number of hydrogen-bond acceptors (Lipinski definition) is 4. The van der Waals surface area contributed by atoms with Crippen LogP contribution in [0.25, 0.3) is 0 Å². The van der Waals surface area contributed by atoms with Crippen LogP contribution in [0.1, 0.15) is 52.4 Å². The summed E-state index contributed by atoms with van der Waals surface area (Å²) in [5.74, 6) is 1.43. The zero-order valence-electron chi connectivity index (χ0n) is 15.0. The van der Waals surface area contributed by atoms with Crippen molar-refractivity contribution < 1.29 is 9.13 Å². The summed E-state index contributed by atoms with van der Waals surface area (Å²) in [6.07, 6.45) is 7.61. The van der Waals surface area contributed by atoms with Crippen molar-refractivity contribution in [3.05, 3.63) is 12.4 Å².